The topological polar surface area (TPSA) is 38.5 Å². The van der Waals surface area contributed by atoms with Gasteiger partial charge in [0.25, 0.3) is 0 Å². The fourth-order valence-electron chi connectivity index (χ4n) is 3.22. The van der Waals surface area contributed by atoms with Gasteiger partial charge in [0.2, 0.25) is 0 Å². The van der Waals surface area contributed by atoms with Gasteiger partial charge in [0.1, 0.15) is 0 Å². The van der Waals surface area contributed by atoms with E-state index in [0.717, 1.165) is 38.3 Å². The van der Waals surface area contributed by atoms with Crippen molar-refractivity contribution in [2.75, 3.05) is 19.8 Å². The van der Waals surface area contributed by atoms with Crippen molar-refractivity contribution in [3.63, 3.8) is 0 Å². The monoisotopic (exact) mass is 280 g/mol. The molecule has 2 aliphatic rings. The van der Waals surface area contributed by atoms with E-state index in [1.54, 1.807) is 11.3 Å². The summed E-state index contributed by atoms with van der Waals surface area (Å²) in [5, 5.41) is 4.44. The minimum absolute atomic E-state index is 0.538. The first-order valence-electron chi connectivity index (χ1n) is 7.43. The van der Waals surface area contributed by atoms with Crippen LogP contribution in [0.15, 0.2) is 16.8 Å². The fraction of sp³-hybridized carbons (Fsp3) is 0.733. The van der Waals surface area contributed by atoms with E-state index in [-0.39, 0.29) is 0 Å². The van der Waals surface area contributed by atoms with Crippen molar-refractivity contribution < 1.29 is 4.74 Å². The largest absolute Gasteiger partial charge is 0.381 e. The molecule has 0 spiro atoms. The van der Waals surface area contributed by atoms with E-state index in [4.69, 9.17) is 10.5 Å². The third-order valence-corrected chi connectivity index (χ3v) is 5.17. The van der Waals surface area contributed by atoms with E-state index in [2.05, 4.69) is 21.7 Å². The maximum absolute atomic E-state index is 6.12. The first-order valence-corrected chi connectivity index (χ1v) is 8.37. The maximum atomic E-state index is 6.12. The number of nitrogens with zero attached hydrogens (tertiary/aromatic N) is 1. The molecular weight excluding hydrogens is 256 g/mol. The van der Waals surface area contributed by atoms with Gasteiger partial charge in [-0.2, -0.15) is 11.3 Å². The minimum atomic E-state index is 0.538. The van der Waals surface area contributed by atoms with E-state index in [9.17, 15) is 0 Å². The highest BCUT2D eigenvalue weighted by Crippen LogP contribution is 2.34. The molecule has 1 aliphatic heterocycles. The van der Waals surface area contributed by atoms with E-state index < -0.39 is 0 Å². The van der Waals surface area contributed by atoms with Crippen molar-refractivity contribution in [1.29, 1.82) is 0 Å². The molecule has 2 fully saturated rings. The first kappa shape index (κ1) is 13.6. The van der Waals surface area contributed by atoms with E-state index in [1.165, 1.54) is 31.2 Å². The van der Waals surface area contributed by atoms with E-state index >= 15 is 0 Å². The summed E-state index contributed by atoms with van der Waals surface area (Å²) < 4.78 is 5.50. The van der Waals surface area contributed by atoms with Crippen LogP contribution in [0.1, 0.15) is 31.2 Å². The molecule has 3 rings (SSSR count). The van der Waals surface area contributed by atoms with Gasteiger partial charge in [-0.05, 0) is 54.0 Å². The van der Waals surface area contributed by atoms with Crippen LogP contribution in [0.4, 0.5) is 0 Å². The normalized spacial score (nSPS) is 22.8. The quantitative estimate of drug-likeness (QED) is 0.870. The Hall–Kier alpha value is -0.420. The summed E-state index contributed by atoms with van der Waals surface area (Å²) in [5.41, 5.74) is 7.57. The second kappa shape index (κ2) is 6.35. The summed E-state index contributed by atoms with van der Waals surface area (Å²) in [6.07, 6.45) is 5.05. The zero-order valence-corrected chi connectivity index (χ0v) is 12.3. The Morgan fingerprint density at radius 2 is 2.11 bits per heavy atom. The summed E-state index contributed by atoms with van der Waals surface area (Å²) >= 11 is 1.79. The SMILES string of the molecule is NCC(C1CCOCC1)N(Cc1ccsc1)C1CC1. The molecule has 19 heavy (non-hydrogen) atoms. The zero-order valence-electron chi connectivity index (χ0n) is 11.5. The van der Waals surface area contributed by atoms with Gasteiger partial charge in [0.15, 0.2) is 0 Å². The van der Waals surface area contributed by atoms with Gasteiger partial charge in [-0.1, -0.05) is 0 Å². The molecule has 1 atom stereocenters. The Labute approximate surface area is 119 Å². The third kappa shape index (κ3) is 3.37. The molecule has 0 bridgehead atoms. The van der Waals surface area contributed by atoms with Crippen LogP contribution in [0.25, 0.3) is 0 Å². The van der Waals surface area contributed by atoms with Gasteiger partial charge in [0, 0.05) is 38.4 Å². The standard InChI is InChI=1S/C15H24N2OS/c16-9-15(13-3-6-18-7-4-13)17(14-1-2-14)10-12-5-8-19-11-12/h5,8,11,13-15H,1-4,6-7,9-10,16H2. The third-order valence-electron chi connectivity index (χ3n) is 4.44. The van der Waals surface area contributed by atoms with Crippen LogP contribution in [0, 0.1) is 5.92 Å². The Bertz CT molecular complexity index is 372. The molecule has 1 aromatic rings. The molecule has 3 nitrogen and oxygen atoms in total. The Kier molecular flexibility index (Phi) is 4.53. The van der Waals surface area contributed by atoms with Crippen LogP contribution in [-0.2, 0) is 11.3 Å². The molecule has 0 amide bonds. The summed E-state index contributed by atoms with van der Waals surface area (Å²) in [4.78, 5) is 2.68. The number of hydrogen-bond acceptors (Lipinski definition) is 4. The van der Waals surface area contributed by atoms with Gasteiger partial charge in [0.05, 0.1) is 0 Å². The molecule has 2 heterocycles. The predicted molar refractivity (Wildman–Crippen MR) is 79.3 cm³/mol. The first-order chi connectivity index (χ1) is 9.38. The summed E-state index contributed by atoms with van der Waals surface area (Å²) in [7, 11) is 0. The van der Waals surface area contributed by atoms with Crippen molar-refractivity contribution in [3.8, 4) is 0 Å². The summed E-state index contributed by atoms with van der Waals surface area (Å²) in [5.74, 6) is 0.720. The number of hydrogen-bond donors (Lipinski definition) is 1. The van der Waals surface area contributed by atoms with Crippen molar-refractivity contribution in [1.82, 2.24) is 4.90 Å². The number of rotatable bonds is 6. The van der Waals surface area contributed by atoms with E-state index in [1.807, 2.05) is 0 Å². The number of nitrogens with two attached hydrogens (primary N) is 1. The molecule has 0 radical (unpaired) electrons. The van der Waals surface area contributed by atoms with Gasteiger partial charge in [-0.25, -0.2) is 0 Å². The lowest BCUT2D eigenvalue weighted by Gasteiger charge is -2.38. The molecule has 4 heteroatoms. The zero-order chi connectivity index (χ0) is 13.1. The molecule has 1 unspecified atom stereocenters. The maximum Gasteiger partial charge on any atom is 0.0469 e. The van der Waals surface area contributed by atoms with Crippen molar-refractivity contribution >= 4 is 11.3 Å². The second-order valence-electron chi connectivity index (χ2n) is 5.79. The van der Waals surface area contributed by atoms with Gasteiger partial charge in [-0.15, -0.1) is 0 Å². The average molecular weight is 280 g/mol. The Balaban J connectivity index is 1.69. The molecular formula is C15H24N2OS. The van der Waals surface area contributed by atoms with Crippen molar-refractivity contribution in [2.45, 2.75) is 44.3 Å². The van der Waals surface area contributed by atoms with Crippen LogP contribution in [0.3, 0.4) is 0 Å². The minimum Gasteiger partial charge on any atom is -0.381 e. The smallest absolute Gasteiger partial charge is 0.0469 e. The van der Waals surface area contributed by atoms with Crippen molar-refractivity contribution in [3.05, 3.63) is 22.4 Å². The molecule has 1 saturated heterocycles. The molecule has 1 aromatic heterocycles. The average Bonchev–Trinajstić information content (AvgIpc) is 3.17. The molecule has 1 saturated carbocycles. The van der Waals surface area contributed by atoms with Crippen LogP contribution >= 0.6 is 11.3 Å². The van der Waals surface area contributed by atoms with E-state index in [0.29, 0.717) is 6.04 Å². The highest BCUT2D eigenvalue weighted by molar-refractivity contribution is 7.07. The van der Waals surface area contributed by atoms with Crippen molar-refractivity contribution in [2.24, 2.45) is 11.7 Å². The second-order valence-corrected chi connectivity index (χ2v) is 6.57. The highest BCUT2D eigenvalue weighted by Gasteiger charge is 2.37. The molecule has 1 aliphatic carbocycles. The van der Waals surface area contributed by atoms with Crippen LogP contribution in [-0.4, -0.2) is 36.7 Å². The number of ether oxygens (including phenoxy) is 1. The number of thiophene rings is 1. The molecule has 2 N–H and O–H groups in total. The van der Waals surface area contributed by atoms with Gasteiger partial charge in [-0.3, -0.25) is 4.90 Å². The van der Waals surface area contributed by atoms with Crippen LogP contribution in [0.5, 0.6) is 0 Å². The lowest BCUT2D eigenvalue weighted by molar-refractivity contribution is 0.0228. The molecule has 106 valence electrons. The summed E-state index contributed by atoms with van der Waals surface area (Å²) in [6, 6.07) is 3.56. The lowest BCUT2D eigenvalue weighted by atomic mass is 9.90. The fourth-order valence-corrected chi connectivity index (χ4v) is 3.88. The van der Waals surface area contributed by atoms with Crippen LogP contribution < -0.4 is 5.73 Å². The van der Waals surface area contributed by atoms with Gasteiger partial charge < -0.3 is 10.5 Å². The highest BCUT2D eigenvalue weighted by atomic mass is 32.1. The molecule has 0 aromatic carbocycles. The predicted octanol–water partition coefficient (Wildman–Crippen LogP) is 2.47. The Morgan fingerprint density at radius 3 is 2.68 bits per heavy atom. The Morgan fingerprint density at radius 1 is 1.32 bits per heavy atom. The van der Waals surface area contributed by atoms with Gasteiger partial charge >= 0.3 is 0 Å². The lowest BCUT2D eigenvalue weighted by Crippen LogP contribution is -2.47. The summed E-state index contributed by atoms with van der Waals surface area (Å²) in [6.45, 7) is 3.69. The van der Waals surface area contributed by atoms with Crippen LogP contribution in [0.2, 0.25) is 0 Å².